The van der Waals surface area contributed by atoms with Crippen molar-refractivity contribution in [3.05, 3.63) is 35.4 Å². The average Bonchev–Trinajstić information content (AvgIpc) is 3.83. The molecular weight excluding hydrogens is 695 g/mol. The molecule has 9 atom stereocenters. The van der Waals surface area contributed by atoms with Crippen molar-refractivity contribution in [1.82, 2.24) is 48.9 Å². The van der Waals surface area contributed by atoms with Crippen LogP contribution in [-0.2, 0) is 36.7 Å². The number of H-pyrrole nitrogens is 1. The first kappa shape index (κ1) is 30.4. The molecular formula is C21H22FN11O9P2S2. The Labute approximate surface area is 265 Å². The van der Waals surface area contributed by atoms with Crippen molar-refractivity contribution in [3.63, 3.8) is 0 Å². The van der Waals surface area contributed by atoms with Crippen molar-refractivity contribution in [3.8, 4) is 0 Å². The van der Waals surface area contributed by atoms with Gasteiger partial charge in [0.05, 0.1) is 25.6 Å². The highest BCUT2D eigenvalue weighted by atomic mass is 32.7. The molecule has 3 aliphatic heterocycles. The van der Waals surface area contributed by atoms with E-state index in [9.17, 15) is 13.9 Å². The molecule has 0 spiro atoms. The molecule has 0 radical (unpaired) electrons. The van der Waals surface area contributed by atoms with E-state index in [4.69, 9.17) is 33.3 Å². The molecule has 8 rings (SSSR count). The summed E-state index contributed by atoms with van der Waals surface area (Å²) in [7, 11) is 0. The third-order valence-corrected chi connectivity index (χ3v) is 10.9. The molecule has 2 bridgehead atoms. The van der Waals surface area contributed by atoms with Crippen LogP contribution in [0.3, 0.4) is 0 Å². The topological polar surface area (TPSA) is 240 Å². The van der Waals surface area contributed by atoms with Crippen LogP contribution in [0.5, 0.6) is 0 Å². The number of alkyl halides is 1. The second-order valence-corrected chi connectivity index (χ2v) is 16.2. The van der Waals surface area contributed by atoms with Gasteiger partial charge in [-0.2, -0.15) is 9.67 Å². The number of ether oxygens (including phenoxy) is 2. The molecule has 0 saturated carbocycles. The van der Waals surface area contributed by atoms with E-state index in [1.54, 1.807) is 6.20 Å². The van der Waals surface area contributed by atoms with Crippen LogP contribution in [-0.4, -0.2) is 92.7 Å². The van der Waals surface area contributed by atoms with Crippen molar-refractivity contribution in [1.29, 1.82) is 0 Å². The molecule has 3 aliphatic rings. The maximum atomic E-state index is 16.0. The van der Waals surface area contributed by atoms with Crippen LogP contribution in [0.4, 0.5) is 10.2 Å². The van der Waals surface area contributed by atoms with Crippen LogP contribution in [0.1, 0.15) is 18.9 Å². The van der Waals surface area contributed by atoms with Gasteiger partial charge in [0, 0.05) is 18.8 Å². The third kappa shape index (κ3) is 5.14. The summed E-state index contributed by atoms with van der Waals surface area (Å²) in [6.45, 7) is -9.48. The number of fused-ring (bicyclic) bond motifs is 6. The van der Waals surface area contributed by atoms with Crippen LogP contribution in [0.25, 0.3) is 28.1 Å². The van der Waals surface area contributed by atoms with E-state index in [-0.39, 0.29) is 47.0 Å². The first-order valence-electron chi connectivity index (χ1n) is 13.5. The molecule has 244 valence electrons. The number of halogens is 1. The normalized spacial score (nSPS) is 35.7. The fourth-order valence-corrected chi connectivity index (χ4v) is 8.59. The lowest BCUT2D eigenvalue weighted by molar-refractivity contribution is -0.0582. The Morgan fingerprint density at radius 2 is 1.80 bits per heavy atom. The highest BCUT2D eigenvalue weighted by Crippen LogP contribution is 2.60. The summed E-state index contributed by atoms with van der Waals surface area (Å²) in [5.74, 6) is 0.256. The smallest absolute Gasteiger partial charge is 0.382 e. The van der Waals surface area contributed by atoms with E-state index < -0.39 is 68.8 Å². The average molecular weight is 718 g/mol. The lowest BCUT2D eigenvalue weighted by atomic mass is 10.1. The van der Waals surface area contributed by atoms with Gasteiger partial charge in [0.2, 0.25) is 5.78 Å². The van der Waals surface area contributed by atoms with E-state index in [2.05, 4.69) is 59.7 Å². The molecule has 3 fully saturated rings. The molecule has 3 N–H and O–H groups in total. The fraction of sp³-hybridized carbons (Fsp3) is 0.476. The maximum absolute atomic E-state index is 16.0. The SMILES string of the molecule is Nc1ncnc2c1nnn2[C@@H]1O[C@@H]2COP(=O)(S)O[C@@H]3C[C@@H](COP(=O)(S)O[C@H]2[C@@H]1F)O[C@H]3n1cnc2c(=O)n3cc[nH]c3nc21. The number of rotatable bonds is 2. The molecule has 46 heavy (non-hydrogen) atoms. The summed E-state index contributed by atoms with van der Waals surface area (Å²) in [6.07, 6.45) is -3.86. The zero-order chi connectivity index (χ0) is 32.0. The quantitative estimate of drug-likeness (QED) is 0.150. The Bertz CT molecular complexity index is 2150. The van der Waals surface area contributed by atoms with Crippen LogP contribution in [0.2, 0.25) is 0 Å². The second kappa shape index (κ2) is 11.0. The van der Waals surface area contributed by atoms with Crippen molar-refractivity contribution >= 4 is 72.0 Å². The molecule has 2 unspecified atom stereocenters. The van der Waals surface area contributed by atoms with Crippen LogP contribution < -0.4 is 11.3 Å². The molecule has 20 nitrogen and oxygen atoms in total. The van der Waals surface area contributed by atoms with Crippen LogP contribution >= 0.6 is 38.1 Å². The van der Waals surface area contributed by atoms with Gasteiger partial charge >= 0.3 is 13.6 Å². The van der Waals surface area contributed by atoms with Gasteiger partial charge in [0.15, 0.2) is 46.8 Å². The lowest BCUT2D eigenvalue weighted by Gasteiger charge is -2.26. The molecule has 25 heteroatoms. The van der Waals surface area contributed by atoms with Crippen LogP contribution in [0, 0.1) is 0 Å². The summed E-state index contributed by atoms with van der Waals surface area (Å²) < 4.78 is 81.1. The van der Waals surface area contributed by atoms with Gasteiger partial charge in [-0.3, -0.25) is 31.9 Å². The first-order valence-corrected chi connectivity index (χ1v) is 18.9. The molecule has 3 saturated heterocycles. The van der Waals surface area contributed by atoms with Crippen LogP contribution in [0.15, 0.2) is 29.8 Å². The van der Waals surface area contributed by atoms with Gasteiger partial charge < -0.3 is 20.2 Å². The number of thiol groups is 2. The lowest BCUT2D eigenvalue weighted by Crippen LogP contribution is -2.33. The summed E-state index contributed by atoms with van der Waals surface area (Å²) >= 11 is 8.20. The highest BCUT2D eigenvalue weighted by Gasteiger charge is 2.52. The largest absolute Gasteiger partial charge is 0.386 e. The highest BCUT2D eigenvalue weighted by molar-refractivity contribution is 8.44. The van der Waals surface area contributed by atoms with Crippen molar-refractivity contribution < 1.29 is 41.1 Å². The number of nitrogens with zero attached hydrogens (tertiary/aromatic N) is 9. The van der Waals surface area contributed by atoms with Crippen molar-refractivity contribution in [2.24, 2.45) is 0 Å². The maximum Gasteiger partial charge on any atom is 0.386 e. The molecule has 8 heterocycles. The summed E-state index contributed by atoms with van der Waals surface area (Å²) in [5.41, 5.74) is 5.75. The summed E-state index contributed by atoms with van der Waals surface area (Å²) in [4.78, 5) is 32.3. The number of nitrogens with two attached hydrogens (primary N) is 1. The number of nitrogen functional groups attached to an aromatic ring is 1. The summed E-state index contributed by atoms with van der Waals surface area (Å²) in [5, 5.41) is 7.78. The second-order valence-electron chi connectivity index (χ2n) is 10.5. The number of aromatic amines is 1. The number of anilines is 1. The molecule has 0 aliphatic carbocycles. The zero-order valence-corrected chi connectivity index (χ0v) is 26.5. The minimum Gasteiger partial charge on any atom is -0.382 e. The van der Waals surface area contributed by atoms with Gasteiger partial charge in [-0.25, -0.2) is 28.5 Å². The predicted octanol–water partition coefficient (Wildman–Crippen LogP) is 1.61. The standard InChI is InChI=1S/C21H22FN11O9P2S2/c22-11-14-10(40-20(11)33-16-12(29-30-33)15(23)25-6-26-16)5-38-43(35,45)41-9-3-8(4-37-44(36,46)42-14)39-19(9)32-7-27-13-17(32)28-21-24-1-2-31(21)18(13)34/h1-2,6-11,14,19-20H,3-5H2,(H,24,28)(H,35,45)(H,36,46)(H2,23,25,26)/t8-,9+,10+,11-,14+,19+,20+,43?,44?/m0/s1. The molecule has 5 aromatic rings. The Kier molecular flexibility index (Phi) is 7.29. The van der Waals surface area contributed by atoms with Crippen molar-refractivity contribution in [2.45, 2.75) is 49.5 Å². The molecule has 5 aromatic heterocycles. The number of hydrogen-bond acceptors (Lipinski definition) is 16. The minimum absolute atomic E-state index is 0.00721. The van der Waals surface area contributed by atoms with Gasteiger partial charge in [0.25, 0.3) is 5.56 Å². The number of aromatic nitrogens is 10. The first-order chi connectivity index (χ1) is 22.0. The monoisotopic (exact) mass is 717 g/mol. The Hall–Kier alpha value is -2.98. The summed E-state index contributed by atoms with van der Waals surface area (Å²) in [6, 6.07) is 0. The van der Waals surface area contributed by atoms with E-state index in [0.717, 1.165) is 11.0 Å². The van der Waals surface area contributed by atoms with Gasteiger partial charge in [-0.05, 0) is 0 Å². The fourth-order valence-electron chi connectivity index (χ4n) is 5.59. The number of nitrogens with one attached hydrogen (secondary N) is 1. The third-order valence-electron chi connectivity index (χ3n) is 7.63. The number of hydrogen-bond donors (Lipinski definition) is 4. The zero-order valence-electron chi connectivity index (χ0n) is 22.9. The van der Waals surface area contributed by atoms with E-state index in [1.165, 1.54) is 21.5 Å². The number of imidazole rings is 2. The van der Waals surface area contributed by atoms with Crippen molar-refractivity contribution in [2.75, 3.05) is 18.9 Å². The van der Waals surface area contributed by atoms with E-state index in [1.807, 2.05) is 0 Å². The van der Waals surface area contributed by atoms with E-state index in [0.29, 0.717) is 0 Å². The minimum atomic E-state index is -4.29. The van der Waals surface area contributed by atoms with Gasteiger partial charge in [-0.15, -0.1) is 5.10 Å². The van der Waals surface area contributed by atoms with E-state index >= 15 is 4.39 Å². The molecule has 0 aromatic carbocycles. The predicted molar refractivity (Wildman–Crippen MR) is 159 cm³/mol. The Balaban J connectivity index is 1.10. The van der Waals surface area contributed by atoms with Gasteiger partial charge in [0.1, 0.15) is 24.6 Å². The Morgan fingerprint density at radius 3 is 2.65 bits per heavy atom. The van der Waals surface area contributed by atoms with Gasteiger partial charge in [-0.1, -0.05) is 29.7 Å². The molecule has 0 amide bonds. The Morgan fingerprint density at radius 1 is 1.00 bits per heavy atom.